The zero-order chi connectivity index (χ0) is 14.8. The lowest BCUT2D eigenvalue weighted by Gasteiger charge is -2.09. The van der Waals surface area contributed by atoms with Gasteiger partial charge in [0.1, 0.15) is 5.75 Å². The number of phenolic OH excluding ortho intramolecular Hbond substituents is 1. The third kappa shape index (κ3) is 2.81. The minimum absolute atomic E-state index is 0.0297. The van der Waals surface area contributed by atoms with Crippen LogP contribution in [0.1, 0.15) is 5.56 Å². The minimum atomic E-state index is -0.402. The predicted octanol–water partition coefficient (Wildman–Crippen LogP) is 3.52. The van der Waals surface area contributed by atoms with Crippen molar-refractivity contribution in [3.05, 3.63) is 60.3 Å². The van der Waals surface area contributed by atoms with Gasteiger partial charge in [0.2, 0.25) is 0 Å². The number of hydrogen-bond donors (Lipinski definition) is 4. The minimum Gasteiger partial charge on any atom is -0.506 e. The molecule has 0 saturated carbocycles. The van der Waals surface area contributed by atoms with Crippen LogP contribution >= 0.6 is 0 Å². The molecule has 106 valence electrons. The fourth-order valence-electron chi connectivity index (χ4n) is 2.27. The molecule has 0 aromatic heterocycles. The molecule has 4 N–H and O–H groups in total. The van der Waals surface area contributed by atoms with E-state index in [1.165, 1.54) is 6.07 Å². The number of para-hydroxylation sites is 2. The third-order valence-corrected chi connectivity index (χ3v) is 3.23. The number of phenols is 1. The predicted molar refractivity (Wildman–Crippen MR) is 83.7 cm³/mol. The average molecular weight is 281 g/mol. The van der Waals surface area contributed by atoms with E-state index in [-0.39, 0.29) is 5.75 Å². The molecular formula is C16H15N3O2. The monoisotopic (exact) mass is 281 g/mol. The van der Waals surface area contributed by atoms with Crippen LogP contribution in [0.25, 0.3) is 0 Å². The number of carbonyl (C=O) groups excluding carboxylic acids is 1. The molecule has 0 aliphatic carbocycles. The van der Waals surface area contributed by atoms with Crippen molar-refractivity contribution in [3.8, 4) is 5.75 Å². The highest BCUT2D eigenvalue weighted by Crippen LogP contribution is 2.29. The molecule has 2 amide bonds. The SMILES string of the molecule is C=C1Cc2cc(NC(=O)Nc3ccccc3O)ccc2N1. The Balaban J connectivity index is 1.70. The second kappa shape index (κ2) is 5.20. The quantitative estimate of drug-likeness (QED) is 0.636. The second-order valence-electron chi connectivity index (χ2n) is 4.87. The molecule has 2 aromatic rings. The summed E-state index contributed by atoms with van der Waals surface area (Å²) in [5, 5.41) is 18.1. The maximum Gasteiger partial charge on any atom is 0.323 e. The molecule has 21 heavy (non-hydrogen) atoms. The summed E-state index contributed by atoms with van der Waals surface area (Å²) in [5.41, 5.74) is 4.12. The number of hydrogen-bond acceptors (Lipinski definition) is 3. The van der Waals surface area contributed by atoms with Crippen molar-refractivity contribution in [2.24, 2.45) is 0 Å². The Hall–Kier alpha value is -2.95. The number of carbonyl (C=O) groups is 1. The zero-order valence-electron chi connectivity index (χ0n) is 11.3. The first-order valence-electron chi connectivity index (χ1n) is 6.55. The molecule has 0 atom stereocenters. The lowest BCUT2D eigenvalue weighted by Crippen LogP contribution is -2.19. The number of aromatic hydroxyl groups is 1. The molecule has 3 rings (SSSR count). The second-order valence-corrected chi connectivity index (χ2v) is 4.87. The lowest BCUT2D eigenvalue weighted by atomic mass is 10.1. The Kier molecular flexibility index (Phi) is 3.23. The Morgan fingerprint density at radius 1 is 1.19 bits per heavy atom. The van der Waals surface area contributed by atoms with Crippen LogP contribution in [0, 0.1) is 0 Å². The van der Waals surface area contributed by atoms with Crippen LogP contribution in [0.2, 0.25) is 0 Å². The topological polar surface area (TPSA) is 73.4 Å². The molecule has 0 fully saturated rings. The standard InChI is InChI=1S/C16H15N3O2/c1-10-8-11-9-12(6-7-13(11)17-10)18-16(21)19-14-4-2-3-5-15(14)20/h2-7,9,17,20H,1,8H2,(H2,18,19,21). The Morgan fingerprint density at radius 2 is 2.00 bits per heavy atom. The van der Waals surface area contributed by atoms with Gasteiger partial charge in [-0.15, -0.1) is 0 Å². The number of urea groups is 1. The van der Waals surface area contributed by atoms with Crippen molar-refractivity contribution in [1.29, 1.82) is 0 Å². The van der Waals surface area contributed by atoms with Gasteiger partial charge in [0.25, 0.3) is 0 Å². The Labute approximate surface area is 122 Å². The molecule has 0 unspecified atom stereocenters. The number of allylic oxidation sites excluding steroid dienone is 1. The highest BCUT2D eigenvalue weighted by Gasteiger charge is 2.14. The summed E-state index contributed by atoms with van der Waals surface area (Å²) in [6.45, 7) is 3.89. The van der Waals surface area contributed by atoms with Crippen molar-refractivity contribution in [3.63, 3.8) is 0 Å². The fraction of sp³-hybridized carbons (Fsp3) is 0.0625. The fourth-order valence-corrected chi connectivity index (χ4v) is 2.27. The van der Waals surface area contributed by atoms with Gasteiger partial charge in [-0.25, -0.2) is 4.79 Å². The van der Waals surface area contributed by atoms with Crippen LogP contribution in [-0.2, 0) is 6.42 Å². The van der Waals surface area contributed by atoms with Crippen LogP contribution in [0.4, 0.5) is 21.9 Å². The molecule has 0 saturated heterocycles. The van der Waals surface area contributed by atoms with E-state index in [1.807, 2.05) is 18.2 Å². The summed E-state index contributed by atoms with van der Waals surface area (Å²) < 4.78 is 0. The van der Waals surface area contributed by atoms with E-state index in [2.05, 4.69) is 22.5 Å². The first-order chi connectivity index (χ1) is 10.1. The number of benzene rings is 2. The Bertz CT molecular complexity index is 725. The molecule has 2 aromatic carbocycles. The van der Waals surface area contributed by atoms with Gasteiger partial charge in [-0.05, 0) is 35.9 Å². The van der Waals surface area contributed by atoms with Crippen LogP contribution < -0.4 is 16.0 Å². The largest absolute Gasteiger partial charge is 0.506 e. The molecular weight excluding hydrogens is 266 g/mol. The van der Waals surface area contributed by atoms with Gasteiger partial charge >= 0.3 is 6.03 Å². The molecule has 1 aliphatic heterocycles. The van der Waals surface area contributed by atoms with E-state index in [9.17, 15) is 9.90 Å². The lowest BCUT2D eigenvalue weighted by molar-refractivity contribution is 0.262. The Morgan fingerprint density at radius 3 is 2.81 bits per heavy atom. The van der Waals surface area contributed by atoms with Crippen LogP contribution in [0.3, 0.4) is 0 Å². The third-order valence-electron chi connectivity index (χ3n) is 3.23. The van der Waals surface area contributed by atoms with Gasteiger partial charge in [-0.2, -0.15) is 0 Å². The van der Waals surface area contributed by atoms with Gasteiger partial charge in [-0.1, -0.05) is 18.7 Å². The van der Waals surface area contributed by atoms with Gasteiger partial charge in [0.15, 0.2) is 0 Å². The van der Waals surface area contributed by atoms with Gasteiger partial charge in [-0.3, -0.25) is 0 Å². The highest BCUT2D eigenvalue weighted by atomic mass is 16.3. The zero-order valence-corrected chi connectivity index (χ0v) is 11.3. The van der Waals surface area contributed by atoms with Crippen LogP contribution in [-0.4, -0.2) is 11.1 Å². The molecule has 5 heteroatoms. The van der Waals surface area contributed by atoms with Crippen molar-refractivity contribution >= 4 is 23.1 Å². The first-order valence-corrected chi connectivity index (χ1v) is 6.55. The molecule has 0 bridgehead atoms. The summed E-state index contributed by atoms with van der Waals surface area (Å²) in [6, 6.07) is 11.8. The normalized spacial score (nSPS) is 12.5. The summed E-state index contributed by atoms with van der Waals surface area (Å²) in [5.74, 6) is 0.0297. The summed E-state index contributed by atoms with van der Waals surface area (Å²) >= 11 is 0. The van der Waals surface area contributed by atoms with Gasteiger partial charge < -0.3 is 21.1 Å². The summed E-state index contributed by atoms with van der Waals surface area (Å²) in [7, 11) is 0. The molecule has 0 radical (unpaired) electrons. The average Bonchev–Trinajstić information content (AvgIpc) is 2.80. The van der Waals surface area contributed by atoms with Crippen molar-refractivity contribution in [2.75, 3.05) is 16.0 Å². The highest BCUT2D eigenvalue weighted by molar-refractivity contribution is 6.00. The maximum atomic E-state index is 11.9. The molecule has 1 heterocycles. The number of anilines is 3. The van der Waals surface area contributed by atoms with E-state index in [1.54, 1.807) is 18.2 Å². The number of fused-ring (bicyclic) bond motifs is 1. The van der Waals surface area contributed by atoms with E-state index in [0.717, 1.165) is 23.4 Å². The van der Waals surface area contributed by atoms with Gasteiger partial charge in [0, 0.05) is 23.5 Å². The van der Waals surface area contributed by atoms with Crippen LogP contribution in [0.5, 0.6) is 5.75 Å². The molecule has 1 aliphatic rings. The maximum absolute atomic E-state index is 11.9. The smallest absolute Gasteiger partial charge is 0.323 e. The molecule has 5 nitrogen and oxygen atoms in total. The summed E-state index contributed by atoms with van der Waals surface area (Å²) in [4.78, 5) is 11.9. The van der Waals surface area contributed by atoms with Crippen molar-refractivity contribution in [2.45, 2.75) is 6.42 Å². The van der Waals surface area contributed by atoms with E-state index in [4.69, 9.17) is 0 Å². The van der Waals surface area contributed by atoms with E-state index < -0.39 is 6.03 Å². The van der Waals surface area contributed by atoms with Crippen molar-refractivity contribution < 1.29 is 9.90 Å². The number of rotatable bonds is 2. The van der Waals surface area contributed by atoms with Crippen LogP contribution in [0.15, 0.2) is 54.7 Å². The molecule has 0 spiro atoms. The van der Waals surface area contributed by atoms with E-state index >= 15 is 0 Å². The van der Waals surface area contributed by atoms with Gasteiger partial charge in [0.05, 0.1) is 5.69 Å². The summed E-state index contributed by atoms with van der Waals surface area (Å²) in [6.07, 6.45) is 0.756. The van der Waals surface area contributed by atoms with Crippen molar-refractivity contribution in [1.82, 2.24) is 0 Å². The number of amides is 2. The van der Waals surface area contributed by atoms with E-state index in [0.29, 0.717) is 11.4 Å². The number of nitrogens with one attached hydrogen (secondary N) is 3. The first kappa shape index (κ1) is 13.1.